The maximum atomic E-state index is 12.4. The topological polar surface area (TPSA) is 103 Å². The van der Waals surface area contributed by atoms with Gasteiger partial charge >= 0.3 is 12.0 Å². The highest BCUT2D eigenvalue weighted by molar-refractivity contribution is 6.32. The maximum absolute atomic E-state index is 12.4. The highest BCUT2D eigenvalue weighted by Gasteiger charge is 2.24. The largest absolute Gasteiger partial charge is 0.493 e. The van der Waals surface area contributed by atoms with Crippen molar-refractivity contribution in [3.05, 3.63) is 22.7 Å². The molecular weight excluding hydrogens is 388 g/mol. The summed E-state index contributed by atoms with van der Waals surface area (Å²) in [5, 5.41) is 5.10. The molecule has 0 bridgehead atoms. The van der Waals surface area contributed by atoms with E-state index in [-0.39, 0.29) is 22.4 Å². The second-order valence-electron chi connectivity index (χ2n) is 6.41. The van der Waals surface area contributed by atoms with Gasteiger partial charge < -0.3 is 19.5 Å². The first-order valence-electron chi connectivity index (χ1n) is 9.18. The van der Waals surface area contributed by atoms with Gasteiger partial charge in [0.25, 0.3) is 5.91 Å². The maximum Gasteiger partial charge on any atom is 0.339 e. The number of benzene rings is 1. The summed E-state index contributed by atoms with van der Waals surface area (Å²) in [6.45, 7) is 3.55. The van der Waals surface area contributed by atoms with Crippen molar-refractivity contribution in [2.45, 2.75) is 51.7 Å². The summed E-state index contributed by atoms with van der Waals surface area (Å²) in [6.07, 6.45) is 2.74. The lowest BCUT2D eigenvalue weighted by atomic mass is 10.2. The van der Waals surface area contributed by atoms with Gasteiger partial charge in [0.2, 0.25) is 0 Å². The van der Waals surface area contributed by atoms with Crippen LogP contribution in [0.2, 0.25) is 5.02 Å². The molecule has 0 unspecified atom stereocenters. The molecule has 1 fully saturated rings. The van der Waals surface area contributed by atoms with Crippen molar-refractivity contribution in [2.75, 3.05) is 13.7 Å². The molecule has 0 aromatic heterocycles. The average Bonchev–Trinajstić information content (AvgIpc) is 3.15. The summed E-state index contributed by atoms with van der Waals surface area (Å²) in [4.78, 5) is 36.3. The van der Waals surface area contributed by atoms with Gasteiger partial charge in [-0.2, -0.15) is 0 Å². The average molecular weight is 413 g/mol. The molecule has 1 aromatic carbocycles. The Balaban J connectivity index is 1.96. The van der Waals surface area contributed by atoms with E-state index >= 15 is 0 Å². The third-order valence-electron chi connectivity index (χ3n) is 4.33. The number of imide groups is 1. The molecule has 1 aliphatic carbocycles. The lowest BCUT2D eigenvalue weighted by molar-refractivity contribution is -0.127. The molecule has 1 aromatic rings. The van der Waals surface area contributed by atoms with E-state index in [0.717, 1.165) is 25.7 Å². The van der Waals surface area contributed by atoms with Crippen LogP contribution in [0.3, 0.4) is 0 Å². The van der Waals surface area contributed by atoms with Gasteiger partial charge in [0.1, 0.15) is 0 Å². The molecule has 154 valence electrons. The summed E-state index contributed by atoms with van der Waals surface area (Å²) in [7, 11) is 1.42. The molecule has 1 atom stereocenters. The molecule has 0 heterocycles. The van der Waals surface area contributed by atoms with Gasteiger partial charge in [0.05, 0.1) is 24.3 Å². The molecule has 9 heteroatoms. The smallest absolute Gasteiger partial charge is 0.339 e. The molecule has 3 amide bonds. The monoisotopic (exact) mass is 412 g/mol. The summed E-state index contributed by atoms with van der Waals surface area (Å²) >= 11 is 6.14. The molecule has 8 nitrogen and oxygen atoms in total. The molecular formula is C19H25ClN2O6. The van der Waals surface area contributed by atoms with E-state index in [1.54, 1.807) is 6.92 Å². The Morgan fingerprint density at radius 3 is 2.54 bits per heavy atom. The van der Waals surface area contributed by atoms with Crippen molar-refractivity contribution in [3.8, 4) is 11.5 Å². The number of urea groups is 1. The Bertz CT molecular complexity index is 733. The number of carbonyl (C=O) groups is 3. The van der Waals surface area contributed by atoms with Crippen LogP contribution >= 0.6 is 11.6 Å². The number of hydrogen-bond acceptors (Lipinski definition) is 6. The first-order chi connectivity index (χ1) is 13.3. The number of hydrogen-bond donors (Lipinski definition) is 2. The van der Waals surface area contributed by atoms with Crippen LogP contribution in [0.1, 0.15) is 49.9 Å². The van der Waals surface area contributed by atoms with Gasteiger partial charge in [-0.1, -0.05) is 24.4 Å². The number of rotatable bonds is 7. The van der Waals surface area contributed by atoms with Crippen molar-refractivity contribution >= 4 is 29.5 Å². The minimum atomic E-state index is -1.17. The van der Waals surface area contributed by atoms with Gasteiger partial charge in [-0.15, -0.1) is 0 Å². The summed E-state index contributed by atoms with van der Waals surface area (Å²) in [6, 6.07) is 2.26. The predicted molar refractivity (Wildman–Crippen MR) is 103 cm³/mol. The van der Waals surface area contributed by atoms with Crippen LogP contribution in [0.25, 0.3) is 0 Å². The zero-order valence-corrected chi connectivity index (χ0v) is 16.9. The minimum Gasteiger partial charge on any atom is -0.493 e. The third-order valence-corrected chi connectivity index (χ3v) is 4.61. The minimum absolute atomic E-state index is 0.0733. The fraction of sp³-hybridized carbons (Fsp3) is 0.526. The van der Waals surface area contributed by atoms with Crippen molar-refractivity contribution in [1.29, 1.82) is 0 Å². The number of nitrogens with one attached hydrogen (secondary N) is 2. The van der Waals surface area contributed by atoms with Crippen molar-refractivity contribution in [3.63, 3.8) is 0 Å². The van der Waals surface area contributed by atoms with E-state index in [9.17, 15) is 14.4 Å². The van der Waals surface area contributed by atoms with Crippen molar-refractivity contribution in [2.24, 2.45) is 0 Å². The normalized spacial score (nSPS) is 14.9. The lowest BCUT2D eigenvalue weighted by Crippen LogP contribution is -2.47. The Labute approximate surface area is 168 Å². The molecule has 2 rings (SSSR count). The van der Waals surface area contributed by atoms with Crippen LogP contribution in [0.5, 0.6) is 11.5 Å². The van der Waals surface area contributed by atoms with E-state index in [2.05, 4.69) is 10.6 Å². The number of ether oxygens (including phenoxy) is 3. The highest BCUT2D eigenvalue weighted by Crippen LogP contribution is 2.36. The molecule has 28 heavy (non-hydrogen) atoms. The van der Waals surface area contributed by atoms with E-state index in [1.165, 1.54) is 26.2 Å². The summed E-state index contributed by atoms with van der Waals surface area (Å²) in [5.74, 6) is -0.901. The first-order valence-corrected chi connectivity index (χ1v) is 9.56. The summed E-state index contributed by atoms with van der Waals surface area (Å²) < 4.78 is 15.7. The number of amides is 3. The fourth-order valence-corrected chi connectivity index (χ4v) is 3.17. The zero-order chi connectivity index (χ0) is 20.7. The highest BCUT2D eigenvalue weighted by atomic mass is 35.5. The Hall–Kier alpha value is -2.48. The van der Waals surface area contributed by atoms with Crippen LogP contribution in [0.15, 0.2) is 12.1 Å². The van der Waals surface area contributed by atoms with Crippen LogP contribution in [-0.2, 0) is 9.53 Å². The quantitative estimate of drug-likeness (QED) is 0.667. The lowest BCUT2D eigenvalue weighted by Gasteiger charge is -2.16. The van der Waals surface area contributed by atoms with Gasteiger partial charge in [0, 0.05) is 6.04 Å². The standard InChI is InChI=1S/C19H25ClN2O6/c1-4-27-16-14(20)9-12(10-15(16)26-3)18(24)28-11(2)17(23)22-19(25)21-13-7-5-6-8-13/h9-11,13H,4-8H2,1-3H3,(H2,21,22,23,25)/t11-/m0/s1. The Morgan fingerprint density at radius 1 is 1.25 bits per heavy atom. The summed E-state index contributed by atoms with van der Waals surface area (Å²) in [5.41, 5.74) is 0.0976. The fourth-order valence-electron chi connectivity index (χ4n) is 2.91. The SMILES string of the molecule is CCOc1c(Cl)cc(C(=O)O[C@@H](C)C(=O)NC(=O)NC2CCCC2)cc1OC. The van der Waals surface area contributed by atoms with E-state index in [0.29, 0.717) is 12.4 Å². The predicted octanol–water partition coefficient (Wildman–Crippen LogP) is 3.06. The second kappa shape index (κ2) is 10.2. The molecule has 0 spiro atoms. The van der Waals surface area contributed by atoms with Gasteiger partial charge in [-0.3, -0.25) is 10.1 Å². The molecule has 1 aliphatic rings. The number of halogens is 1. The molecule has 0 aliphatic heterocycles. The van der Waals surface area contributed by atoms with E-state index in [1.807, 2.05) is 0 Å². The third kappa shape index (κ3) is 5.76. The molecule has 1 saturated carbocycles. The van der Waals surface area contributed by atoms with Gasteiger partial charge in [-0.25, -0.2) is 9.59 Å². The van der Waals surface area contributed by atoms with E-state index in [4.69, 9.17) is 25.8 Å². The number of esters is 1. The number of carbonyl (C=O) groups excluding carboxylic acids is 3. The van der Waals surface area contributed by atoms with Crippen molar-refractivity contribution < 1.29 is 28.6 Å². The molecule has 0 radical (unpaired) electrons. The van der Waals surface area contributed by atoms with Crippen molar-refractivity contribution in [1.82, 2.24) is 10.6 Å². The Morgan fingerprint density at radius 2 is 1.93 bits per heavy atom. The van der Waals surface area contributed by atoms with Crippen LogP contribution in [-0.4, -0.2) is 43.8 Å². The zero-order valence-electron chi connectivity index (χ0n) is 16.2. The van der Waals surface area contributed by atoms with Gasteiger partial charge in [-0.05, 0) is 38.8 Å². The van der Waals surface area contributed by atoms with E-state index < -0.39 is 24.0 Å². The molecule has 0 saturated heterocycles. The Kier molecular flexibility index (Phi) is 7.92. The molecule has 2 N–H and O–H groups in total. The first kappa shape index (κ1) is 21.8. The van der Waals surface area contributed by atoms with Crippen LogP contribution < -0.4 is 20.1 Å². The van der Waals surface area contributed by atoms with Crippen LogP contribution in [0.4, 0.5) is 4.79 Å². The number of methoxy groups -OCH3 is 1. The van der Waals surface area contributed by atoms with Crippen LogP contribution in [0, 0.1) is 0 Å². The van der Waals surface area contributed by atoms with Gasteiger partial charge in [0.15, 0.2) is 17.6 Å². The second-order valence-corrected chi connectivity index (χ2v) is 6.82.